The Bertz CT molecular complexity index is 2910. The molecule has 53 heavy (non-hydrogen) atoms. The molecule has 0 amide bonds. The number of aromatic nitrogens is 3. The molecule has 10 aromatic rings. The smallest absolute Gasteiger partial charge is 0.164 e. The Balaban J connectivity index is 1.01. The first-order chi connectivity index (χ1) is 26.2. The highest BCUT2D eigenvalue weighted by Gasteiger charge is 2.15. The minimum absolute atomic E-state index is 0.634. The van der Waals surface area contributed by atoms with Crippen LogP contribution >= 0.6 is 0 Å². The average Bonchev–Trinajstić information content (AvgIpc) is 3.63. The van der Waals surface area contributed by atoms with Gasteiger partial charge < -0.3 is 4.42 Å². The Morgan fingerprint density at radius 1 is 0.302 bits per heavy atom. The predicted octanol–water partition coefficient (Wildman–Crippen LogP) is 12.9. The molecule has 8 aromatic carbocycles. The summed E-state index contributed by atoms with van der Waals surface area (Å²) < 4.78 is 6.17. The van der Waals surface area contributed by atoms with Gasteiger partial charge in [-0.05, 0) is 68.4 Å². The lowest BCUT2D eigenvalue weighted by atomic mass is 9.96. The number of hydrogen-bond donors (Lipinski definition) is 0. The van der Waals surface area contributed by atoms with E-state index in [2.05, 4.69) is 133 Å². The third-order valence-corrected chi connectivity index (χ3v) is 9.95. The van der Waals surface area contributed by atoms with Gasteiger partial charge in [-0.25, -0.2) is 15.0 Å². The zero-order chi connectivity index (χ0) is 35.1. The van der Waals surface area contributed by atoms with Crippen LogP contribution < -0.4 is 0 Å². The van der Waals surface area contributed by atoms with Crippen molar-refractivity contribution in [1.29, 1.82) is 0 Å². The fourth-order valence-corrected chi connectivity index (χ4v) is 7.22. The molecule has 248 valence electrons. The zero-order valence-corrected chi connectivity index (χ0v) is 28.6. The van der Waals surface area contributed by atoms with Crippen molar-refractivity contribution in [3.63, 3.8) is 0 Å². The second-order valence-electron chi connectivity index (χ2n) is 13.2. The number of benzene rings is 8. The second-order valence-corrected chi connectivity index (χ2v) is 13.2. The van der Waals surface area contributed by atoms with Crippen molar-refractivity contribution in [2.24, 2.45) is 0 Å². The van der Waals surface area contributed by atoms with Crippen molar-refractivity contribution >= 4 is 32.7 Å². The van der Waals surface area contributed by atoms with E-state index >= 15 is 0 Å². The lowest BCUT2D eigenvalue weighted by molar-refractivity contribution is 0.669. The van der Waals surface area contributed by atoms with Gasteiger partial charge in [-0.15, -0.1) is 0 Å². The lowest BCUT2D eigenvalue weighted by Crippen LogP contribution is -2.00. The number of furan rings is 1. The highest BCUT2D eigenvalue weighted by Crippen LogP contribution is 2.38. The molecular weight excluding hydrogens is 647 g/mol. The molecule has 0 spiro atoms. The van der Waals surface area contributed by atoms with Gasteiger partial charge >= 0.3 is 0 Å². The van der Waals surface area contributed by atoms with Gasteiger partial charge in [0.05, 0.1) is 0 Å². The van der Waals surface area contributed by atoms with Crippen LogP contribution in [0.25, 0.3) is 100 Å². The first kappa shape index (κ1) is 30.6. The van der Waals surface area contributed by atoms with Gasteiger partial charge in [0.1, 0.15) is 11.2 Å². The molecule has 0 saturated heterocycles. The molecular formula is C49H31N3O. The summed E-state index contributed by atoms with van der Waals surface area (Å²) in [7, 11) is 0. The third-order valence-electron chi connectivity index (χ3n) is 9.95. The number of hydrogen-bond acceptors (Lipinski definition) is 4. The zero-order valence-electron chi connectivity index (χ0n) is 28.6. The number of rotatable bonds is 6. The van der Waals surface area contributed by atoms with Crippen LogP contribution in [0.1, 0.15) is 0 Å². The van der Waals surface area contributed by atoms with E-state index < -0.39 is 0 Å². The van der Waals surface area contributed by atoms with Gasteiger partial charge in [0, 0.05) is 27.5 Å². The van der Waals surface area contributed by atoms with Crippen LogP contribution in [0.15, 0.2) is 192 Å². The highest BCUT2D eigenvalue weighted by atomic mass is 16.3. The third kappa shape index (κ3) is 5.73. The average molecular weight is 678 g/mol. The molecule has 0 atom stereocenters. The van der Waals surface area contributed by atoms with E-state index in [0.717, 1.165) is 71.7 Å². The van der Waals surface area contributed by atoms with Crippen molar-refractivity contribution in [3.8, 4) is 67.5 Å². The maximum Gasteiger partial charge on any atom is 0.164 e. The SMILES string of the molecule is c1ccc(-c2ccc(-c3ccc(-c4nc(-c5ccccc5)nc(-c5ccc6cc(-c7cccc8oc9ccccc9c78)ccc6c5)n4)cc3)cc2)cc1. The van der Waals surface area contributed by atoms with E-state index in [9.17, 15) is 0 Å². The minimum atomic E-state index is 0.634. The van der Waals surface area contributed by atoms with Crippen LogP contribution in [-0.4, -0.2) is 15.0 Å². The molecule has 0 N–H and O–H groups in total. The Morgan fingerprint density at radius 3 is 1.38 bits per heavy atom. The van der Waals surface area contributed by atoms with Crippen LogP contribution in [0.5, 0.6) is 0 Å². The fraction of sp³-hybridized carbons (Fsp3) is 0. The van der Waals surface area contributed by atoms with Gasteiger partial charge in [-0.1, -0.05) is 164 Å². The first-order valence-electron chi connectivity index (χ1n) is 17.8. The molecule has 0 bridgehead atoms. The van der Waals surface area contributed by atoms with Gasteiger partial charge in [0.25, 0.3) is 0 Å². The Kier molecular flexibility index (Phi) is 7.43. The normalized spacial score (nSPS) is 11.4. The van der Waals surface area contributed by atoms with Gasteiger partial charge in [0.2, 0.25) is 0 Å². The summed E-state index contributed by atoms with van der Waals surface area (Å²) in [6.45, 7) is 0. The summed E-state index contributed by atoms with van der Waals surface area (Å²) in [4.78, 5) is 15.0. The number of para-hydroxylation sites is 1. The molecule has 4 heteroatoms. The molecule has 0 aliphatic rings. The van der Waals surface area contributed by atoms with Crippen LogP contribution in [0, 0.1) is 0 Å². The van der Waals surface area contributed by atoms with Crippen molar-refractivity contribution in [1.82, 2.24) is 15.0 Å². The molecule has 0 fully saturated rings. The molecule has 2 aromatic heterocycles. The van der Waals surface area contributed by atoms with E-state index in [1.165, 1.54) is 11.1 Å². The summed E-state index contributed by atoms with van der Waals surface area (Å²) in [6.07, 6.45) is 0. The summed E-state index contributed by atoms with van der Waals surface area (Å²) >= 11 is 0. The molecule has 4 nitrogen and oxygen atoms in total. The summed E-state index contributed by atoms with van der Waals surface area (Å²) in [5.74, 6) is 1.91. The summed E-state index contributed by atoms with van der Waals surface area (Å²) in [6, 6.07) is 65.3. The molecule has 10 rings (SSSR count). The van der Waals surface area contributed by atoms with E-state index in [1.807, 2.05) is 54.6 Å². The van der Waals surface area contributed by atoms with Crippen molar-refractivity contribution < 1.29 is 4.42 Å². The quantitative estimate of drug-likeness (QED) is 0.176. The minimum Gasteiger partial charge on any atom is -0.456 e. The second kappa shape index (κ2) is 12.9. The monoisotopic (exact) mass is 677 g/mol. The number of fused-ring (bicyclic) bond motifs is 4. The maximum atomic E-state index is 6.17. The van der Waals surface area contributed by atoms with Crippen LogP contribution in [0.4, 0.5) is 0 Å². The first-order valence-corrected chi connectivity index (χ1v) is 17.8. The van der Waals surface area contributed by atoms with Crippen molar-refractivity contribution in [3.05, 3.63) is 188 Å². The van der Waals surface area contributed by atoms with Gasteiger partial charge in [-0.3, -0.25) is 0 Å². The molecule has 0 radical (unpaired) electrons. The van der Waals surface area contributed by atoms with Gasteiger partial charge in [0.15, 0.2) is 17.5 Å². The van der Waals surface area contributed by atoms with Crippen LogP contribution in [0.2, 0.25) is 0 Å². The van der Waals surface area contributed by atoms with E-state index in [-0.39, 0.29) is 0 Å². The Hall–Kier alpha value is -7.17. The maximum absolute atomic E-state index is 6.17. The van der Waals surface area contributed by atoms with Crippen LogP contribution in [-0.2, 0) is 0 Å². The van der Waals surface area contributed by atoms with Gasteiger partial charge in [-0.2, -0.15) is 0 Å². The lowest BCUT2D eigenvalue weighted by Gasteiger charge is -2.11. The molecule has 0 aliphatic heterocycles. The largest absolute Gasteiger partial charge is 0.456 e. The highest BCUT2D eigenvalue weighted by molar-refractivity contribution is 6.12. The van der Waals surface area contributed by atoms with Crippen molar-refractivity contribution in [2.45, 2.75) is 0 Å². The summed E-state index contributed by atoms with van der Waals surface area (Å²) in [5.41, 5.74) is 11.6. The van der Waals surface area contributed by atoms with Crippen molar-refractivity contribution in [2.75, 3.05) is 0 Å². The Morgan fingerprint density at radius 2 is 0.736 bits per heavy atom. The number of nitrogens with zero attached hydrogens (tertiary/aromatic N) is 3. The Labute approximate surface area is 306 Å². The van der Waals surface area contributed by atoms with E-state index in [0.29, 0.717) is 17.5 Å². The standard InChI is InChI=1S/C49H31N3O/c1-3-10-32(11-4-1)33-18-20-34(21-19-33)35-22-24-37(25-23-35)48-50-47(36-12-5-2-6-13-36)51-49(52-48)41-29-27-38-30-40(28-26-39(38)31-41)42-15-9-17-45-46(42)43-14-7-8-16-44(43)53-45/h1-31H. The van der Waals surface area contributed by atoms with E-state index in [4.69, 9.17) is 19.4 Å². The van der Waals surface area contributed by atoms with E-state index in [1.54, 1.807) is 0 Å². The molecule has 2 heterocycles. The summed E-state index contributed by atoms with van der Waals surface area (Å²) in [5, 5.41) is 4.52. The van der Waals surface area contributed by atoms with Crippen LogP contribution in [0.3, 0.4) is 0 Å². The molecule has 0 unspecified atom stereocenters. The molecule has 0 saturated carbocycles. The molecule has 0 aliphatic carbocycles. The fourth-order valence-electron chi connectivity index (χ4n) is 7.22. The topological polar surface area (TPSA) is 51.8 Å². The predicted molar refractivity (Wildman–Crippen MR) is 217 cm³/mol.